The maximum atomic E-state index is 11.9. The van der Waals surface area contributed by atoms with Crippen molar-refractivity contribution in [2.75, 3.05) is 7.11 Å². The van der Waals surface area contributed by atoms with Crippen molar-refractivity contribution < 1.29 is 27.8 Å². The van der Waals surface area contributed by atoms with Gasteiger partial charge in [-0.1, -0.05) is 65.7 Å². The predicted molar refractivity (Wildman–Crippen MR) is 129 cm³/mol. The topological polar surface area (TPSA) is 72.3 Å². The molecule has 0 amide bonds. The maximum Gasteiger partial charge on any atom is 0.416 e. The Hall–Kier alpha value is -3.08. The number of hydrogen-bond acceptors (Lipinski definition) is 5. The van der Waals surface area contributed by atoms with Gasteiger partial charge in [0.05, 0.1) is 18.4 Å². The number of carbonyl (C=O) groups is 1. The number of alkyl halides is 3. The summed E-state index contributed by atoms with van der Waals surface area (Å²) in [7, 11) is 1.66. The van der Waals surface area contributed by atoms with Crippen LogP contribution in [0.4, 0.5) is 13.2 Å². The van der Waals surface area contributed by atoms with Crippen molar-refractivity contribution in [1.29, 1.82) is 0 Å². The predicted octanol–water partition coefficient (Wildman–Crippen LogP) is 6.64. The van der Waals surface area contributed by atoms with Crippen LogP contribution in [0.25, 0.3) is 0 Å². The van der Waals surface area contributed by atoms with Crippen LogP contribution in [0, 0.1) is 19.5 Å². The van der Waals surface area contributed by atoms with Crippen LogP contribution < -0.4 is 4.74 Å². The zero-order chi connectivity index (χ0) is 27.2. The second-order valence-electron chi connectivity index (χ2n) is 8.42. The van der Waals surface area contributed by atoms with Crippen LogP contribution in [0.5, 0.6) is 5.88 Å². The van der Waals surface area contributed by atoms with Crippen LogP contribution in [0.15, 0.2) is 30.3 Å². The fourth-order valence-electron chi connectivity index (χ4n) is 2.34. The van der Waals surface area contributed by atoms with Crippen LogP contribution in [-0.2, 0) is 21.8 Å². The zero-order valence-electron chi connectivity index (χ0n) is 21.4. The summed E-state index contributed by atoms with van der Waals surface area (Å²) in [6.07, 6.45) is 3.56. The van der Waals surface area contributed by atoms with E-state index in [-0.39, 0.29) is 10.8 Å². The number of ether oxygens (including phenoxy) is 1. The molecule has 3 rings (SSSR count). The van der Waals surface area contributed by atoms with E-state index in [9.17, 15) is 13.2 Å². The summed E-state index contributed by atoms with van der Waals surface area (Å²) in [6.45, 7) is 16.4. The molecule has 0 aliphatic heterocycles. The molecule has 1 aliphatic rings. The first-order valence-corrected chi connectivity index (χ1v) is 10.7. The molecule has 0 unspecified atom stereocenters. The monoisotopic (exact) mass is 482 g/mol. The Balaban J connectivity index is 0. The first-order valence-electron chi connectivity index (χ1n) is 10.7. The normalized spacial score (nSPS) is 12.9. The molecule has 5 nitrogen and oxygen atoms in total. The molecule has 1 N–H and O–H groups in total. The Morgan fingerprint density at radius 2 is 1.53 bits per heavy atom. The number of aliphatic hydroxyl groups excluding tert-OH is 1. The Bertz CT molecular complexity index is 857. The lowest BCUT2D eigenvalue weighted by Crippen LogP contribution is -2.18. The maximum absolute atomic E-state index is 11.9. The van der Waals surface area contributed by atoms with Gasteiger partial charge in [0.25, 0.3) is 0 Å². The van der Waals surface area contributed by atoms with E-state index in [2.05, 4.69) is 39.1 Å². The van der Waals surface area contributed by atoms with Gasteiger partial charge in [-0.2, -0.15) is 18.2 Å². The highest BCUT2D eigenvalue weighted by Gasteiger charge is 2.42. The summed E-state index contributed by atoms with van der Waals surface area (Å²) in [5.74, 6) is 1.62. The van der Waals surface area contributed by atoms with E-state index in [1.165, 1.54) is 31.1 Å². The van der Waals surface area contributed by atoms with Crippen LogP contribution in [0.2, 0.25) is 0 Å². The minimum absolute atomic E-state index is 0.0379. The van der Waals surface area contributed by atoms with Crippen LogP contribution in [0.1, 0.15) is 77.0 Å². The lowest BCUT2D eigenvalue weighted by Gasteiger charge is -2.20. The molecule has 8 heteroatoms. The molecule has 0 spiro atoms. The molecule has 190 valence electrons. The molecule has 0 atom stereocenters. The Labute approximate surface area is 201 Å². The molecule has 1 aromatic carbocycles. The Morgan fingerprint density at radius 1 is 1.09 bits per heavy atom. The minimum Gasteiger partial charge on any atom is -0.481 e. The molecule has 0 saturated heterocycles. The number of nitrogens with zero attached hydrogens (tertiary/aromatic N) is 2. The largest absolute Gasteiger partial charge is 0.481 e. The highest BCUT2D eigenvalue weighted by molar-refractivity contribution is 5.27. The van der Waals surface area contributed by atoms with E-state index >= 15 is 0 Å². The van der Waals surface area contributed by atoms with Gasteiger partial charge in [0, 0.05) is 16.9 Å². The lowest BCUT2D eigenvalue weighted by atomic mass is 9.91. The average molecular weight is 483 g/mol. The van der Waals surface area contributed by atoms with E-state index in [1.807, 2.05) is 26.7 Å². The second kappa shape index (κ2) is 14.9. The van der Waals surface area contributed by atoms with Gasteiger partial charge in [-0.05, 0) is 31.9 Å². The number of halogens is 3. The number of rotatable bonds is 2. The SMILES string of the molecule is C#CO.C=O.CC.COc1cc(C(C)(C)C)nc(C2(C)CC2)n1.Cc1ccc(C(F)(F)F)cc1. The van der Waals surface area contributed by atoms with Gasteiger partial charge in [-0.25, -0.2) is 4.98 Å². The van der Waals surface area contributed by atoms with Crippen molar-refractivity contribution in [3.63, 3.8) is 0 Å². The summed E-state index contributed by atoms with van der Waals surface area (Å²) in [5, 5.41) is 7.10. The molecule has 1 fully saturated rings. The van der Waals surface area contributed by atoms with Crippen molar-refractivity contribution in [2.24, 2.45) is 0 Å². The summed E-state index contributed by atoms with van der Waals surface area (Å²) in [5.41, 5.74) is 1.52. The van der Waals surface area contributed by atoms with Crippen molar-refractivity contribution >= 4 is 6.79 Å². The van der Waals surface area contributed by atoms with Crippen molar-refractivity contribution in [3.8, 4) is 18.4 Å². The number of terminal acetylenes is 1. The Morgan fingerprint density at radius 3 is 1.85 bits per heavy atom. The van der Waals surface area contributed by atoms with E-state index < -0.39 is 11.7 Å². The molecule has 1 aromatic heterocycles. The van der Waals surface area contributed by atoms with E-state index in [4.69, 9.17) is 19.6 Å². The number of aryl methyl sites for hydroxylation is 1. The first-order chi connectivity index (χ1) is 15.8. The van der Waals surface area contributed by atoms with Crippen LogP contribution in [-0.4, -0.2) is 29.0 Å². The molecule has 0 radical (unpaired) electrons. The fourth-order valence-corrected chi connectivity index (χ4v) is 2.34. The number of aliphatic hydroxyl groups is 1. The molecule has 34 heavy (non-hydrogen) atoms. The molecule has 1 aliphatic carbocycles. The average Bonchev–Trinajstić information content (AvgIpc) is 3.55. The second-order valence-corrected chi connectivity index (χ2v) is 8.42. The van der Waals surface area contributed by atoms with E-state index in [0.29, 0.717) is 5.88 Å². The highest BCUT2D eigenvalue weighted by atomic mass is 19.4. The van der Waals surface area contributed by atoms with Gasteiger partial charge in [0.2, 0.25) is 5.88 Å². The zero-order valence-corrected chi connectivity index (χ0v) is 21.4. The molecule has 2 aromatic rings. The third-order valence-corrected chi connectivity index (χ3v) is 4.60. The van der Waals surface area contributed by atoms with Crippen LogP contribution in [0.3, 0.4) is 0 Å². The van der Waals surface area contributed by atoms with E-state index in [1.54, 1.807) is 14.0 Å². The van der Waals surface area contributed by atoms with Gasteiger partial charge in [-0.3, -0.25) is 0 Å². The van der Waals surface area contributed by atoms with Crippen molar-refractivity contribution in [1.82, 2.24) is 9.97 Å². The third kappa shape index (κ3) is 11.7. The van der Waals surface area contributed by atoms with Gasteiger partial charge in [0.1, 0.15) is 18.7 Å². The number of benzene rings is 1. The van der Waals surface area contributed by atoms with Crippen LogP contribution >= 0.6 is 0 Å². The van der Waals surface area contributed by atoms with Gasteiger partial charge in [-0.15, -0.1) is 0 Å². The number of aromatic nitrogens is 2. The number of methoxy groups -OCH3 is 1. The summed E-state index contributed by atoms with van der Waals surface area (Å²) >= 11 is 0. The van der Waals surface area contributed by atoms with Gasteiger partial charge >= 0.3 is 6.18 Å². The molecular formula is C26H37F3N2O3. The lowest BCUT2D eigenvalue weighted by molar-refractivity contribution is -0.137. The number of carbonyl (C=O) groups excluding carboxylic acids is 1. The van der Waals surface area contributed by atoms with Crippen molar-refractivity contribution in [2.45, 2.75) is 78.3 Å². The number of hydrogen-bond donors (Lipinski definition) is 1. The Kier molecular flexibility index (Phi) is 14.5. The first kappa shape index (κ1) is 33.1. The standard InChI is InChI=1S/C13H20N2O.C8H7F3.C2H2O.C2H6.CH2O/c1-12(2,3)9-8-10(16-5)15-11(14-9)13(4)6-7-13;1-6-2-4-7(5-3-6)8(9,10)11;1-2-3;2*1-2/h8H,6-7H2,1-5H3;2-5H,1H3;1,3H;1-2H3;1H2. The highest BCUT2D eigenvalue weighted by Crippen LogP contribution is 2.46. The van der Waals surface area contributed by atoms with Gasteiger partial charge in [0.15, 0.2) is 0 Å². The smallest absolute Gasteiger partial charge is 0.416 e. The van der Waals surface area contributed by atoms with E-state index in [0.717, 1.165) is 29.2 Å². The molecular weight excluding hydrogens is 445 g/mol. The molecule has 1 heterocycles. The fraction of sp³-hybridized carbons (Fsp3) is 0.500. The molecule has 1 saturated carbocycles. The van der Waals surface area contributed by atoms with Gasteiger partial charge < -0.3 is 14.6 Å². The summed E-state index contributed by atoms with van der Waals surface area (Å²) < 4.78 is 41.0. The molecule has 0 bridgehead atoms. The van der Waals surface area contributed by atoms with Crippen molar-refractivity contribution in [3.05, 3.63) is 53.0 Å². The minimum atomic E-state index is -4.21. The summed E-state index contributed by atoms with van der Waals surface area (Å²) in [4.78, 5) is 17.2. The third-order valence-electron chi connectivity index (χ3n) is 4.60. The summed E-state index contributed by atoms with van der Waals surface area (Å²) in [6, 6.07) is 6.99. The quantitative estimate of drug-likeness (QED) is 0.486.